The summed E-state index contributed by atoms with van der Waals surface area (Å²) in [5.41, 5.74) is 1.28. The molecule has 6 nitrogen and oxygen atoms in total. The highest BCUT2D eigenvalue weighted by atomic mass is 16.2. The number of hydrogen-bond acceptors (Lipinski definition) is 4. The Morgan fingerprint density at radius 2 is 1.85 bits per heavy atom. The summed E-state index contributed by atoms with van der Waals surface area (Å²) in [5, 5.41) is 2.97. The van der Waals surface area contributed by atoms with E-state index in [-0.39, 0.29) is 30.0 Å². The summed E-state index contributed by atoms with van der Waals surface area (Å²) in [6.07, 6.45) is 4.71. The molecule has 1 aromatic carbocycles. The predicted molar refractivity (Wildman–Crippen MR) is 100 cm³/mol. The molecule has 1 N–H and O–H groups in total. The molecule has 1 aromatic heterocycles. The number of nitrogens with zero attached hydrogens (tertiary/aromatic N) is 3. The van der Waals surface area contributed by atoms with Gasteiger partial charge in [-0.25, -0.2) is 4.98 Å². The largest absolute Gasteiger partial charge is 0.353 e. The molecule has 0 fully saturated rings. The van der Waals surface area contributed by atoms with Gasteiger partial charge in [-0.3, -0.25) is 14.6 Å². The van der Waals surface area contributed by atoms with Crippen LogP contribution in [0.3, 0.4) is 0 Å². The zero-order valence-electron chi connectivity index (χ0n) is 15.6. The maximum absolute atomic E-state index is 12.8. The zero-order valence-corrected chi connectivity index (χ0v) is 15.6. The Hall–Kier alpha value is -2.76. The number of nitrogens with one attached hydrogen (secondary N) is 1. The fraction of sp³-hybridized carbons (Fsp3) is 0.400. The van der Waals surface area contributed by atoms with Crippen LogP contribution in [0.25, 0.3) is 0 Å². The lowest BCUT2D eigenvalue weighted by Gasteiger charge is -2.23. The van der Waals surface area contributed by atoms with Gasteiger partial charge in [-0.05, 0) is 18.4 Å². The summed E-state index contributed by atoms with van der Waals surface area (Å²) in [6, 6.07) is 9.80. The van der Waals surface area contributed by atoms with E-state index in [0.29, 0.717) is 19.0 Å². The summed E-state index contributed by atoms with van der Waals surface area (Å²) in [6.45, 7) is 6.84. The third-order valence-corrected chi connectivity index (χ3v) is 4.28. The molecule has 0 saturated carbocycles. The molecule has 0 aliphatic rings. The van der Waals surface area contributed by atoms with E-state index >= 15 is 0 Å². The molecule has 0 spiro atoms. The average molecular weight is 354 g/mol. The first-order valence-electron chi connectivity index (χ1n) is 8.86. The molecule has 0 aliphatic heterocycles. The maximum Gasteiger partial charge on any atom is 0.274 e. The van der Waals surface area contributed by atoms with Crippen LogP contribution >= 0.6 is 0 Å². The van der Waals surface area contributed by atoms with E-state index in [1.54, 1.807) is 4.90 Å². The van der Waals surface area contributed by atoms with E-state index in [2.05, 4.69) is 29.1 Å². The van der Waals surface area contributed by atoms with E-state index in [4.69, 9.17) is 0 Å². The molecule has 0 aliphatic carbocycles. The molecule has 6 heteroatoms. The zero-order chi connectivity index (χ0) is 18.9. The van der Waals surface area contributed by atoms with Gasteiger partial charge in [-0.15, -0.1) is 0 Å². The van der Waals surface area contributed by atoms with Crippen molar-refractivity contribution in [3.63, 3.8) is 0 Å². The Morgan fingerprint density at radius 1 is 1.12 bits per heavy atom. The number of carbonyl (C=O) groups excluding carboxylic acids is 2. The maximum atomic E-state index is 12.8. The van der Waals surface area contributed by atoms with Crippen molar-refractivity contribution in [2.24, 2.45) is 5.92 Å². The highest BCUT2D eigenvalue weighted by Crippen LogP contribution is 2.09. The SMILES string of the molecule is CC(C)C(C)NC(=O)CCN(Cc1ccccc1)C(=O)c1cnccn1. The van der Waals surface area contributed by atoms with Crippen LogP contribution < -0.4 is 5.32 Å². The Morgan fingerprint density at radius 3 is 2.46 bits per heavy atom. The lowest BCUT2D eigenvalue weighted by Crippen LogP contribution is -2.39. The second-order valence-corrected chi connectivity index (χ2v) is 6.65. The van der Waals surface area contributed by atoms with Gasteiger partial charge in [0.1, 0.15) is 5.69 Å². The van der Waals surface area contributed by atoms with Crippen molar-refractivity contribution in [2.75, 3.05) is 6.54 Å². The highest BCUT2D eigenvalue weighted by Gasteiger charge is 2.19. The quantitative estimate of drug-likeness (QED) is 0.791. The van der Waals surface area contributed by atoms with Crippen LogP contribution in [0.1, 0.15) is 43.2 Å². The molecule has 26 heavy (non-hydrogen) atoms. The van der Waals surface area contributed by atoms with Crippen LogP contribution in [0.4, 0.5) is 0 Å². The van der Waals surface area contributed by atoms with Crippen LogP contribution in [0, 0.1) is 5.92 Å². The fourth-order valence-corrected chi connectivity index (χ4v) is 2.36. The fourth-order valence-electron chi connectivity index (χ4n) is 2.36. The molecule has 2 aromatic rings. The first-order chi connectivity index (χ1) is 12.5. The van der Waals surface area contributed by atoms with Crippen LogP contribution in [-0.4, -0.2) is 39.3 Å². The van der Waals surface area contributed by atoms with Crippen LogP contribution in [0.5, 0.6) is 0 Å². The van der Waals surface area contributed by atoms with Gasteiger partial charge in [0.15, 0.2) is 0 Å². The molecule has 1 heterocycles. The predicted octanol–water partition coefficient (Wildman–Crippen LogP) is 2.67. The van der Waals surface area contributed by atoms with Gasteiger partial charge >= 0.3 is 0 Å². The first kappa shape index (κ1) is 19.6. The Balaban J connectivity index is 2.05. The molecule has 1 atom stereocenters. The third kappa shape index (κ3) is 5.95. The van der Waals surface area contributed by atoms with Crippen LogP contribution in [-0.2, 0) is 11.3 Å². The molecule has 2 rings (SSSR count). The van der Waals surface area contributed by atoms with E-state index in [1.807, 2.05) is 37.3 Å². The summed E-state index contributed by atoms with van der Waals surface area (Å²) in [4.78, 5) is 34.7. The summed E-state index contributed by atoms with van der Waals surface area (Å²) in [5.74, 6) is 0.0727. The second-order valence-electron chi connectivity index (χ2n) is 6.65. The van der Waals surface area contributed by atoms with Crippen molar-refractivity contribution in [3.8, 4) is 0 Å². The number of carbonyl (C=O) groups is 2. The lowest BCUT2D eigenvalue weighted by molar-refractivity contribution is -0.122. The molecule has 0 bridgehead atoms. The van der Waals surface area contributed by atoms with Crippen molar-refractivity contribution in [2.45, 2.75) is 39.8 Å². The van der Waals surface area contributed by atoms with Crippen molar-refractivity contribution in [1.82, 2.24) is 20.2 Å². The van der Waals surface area contributed by atoms with Gasteiger partial charge in [0, 0.05) is 37.9 Å². The van der Waals surface area contributed by atoms with E-state index in [1.165, 1.54) is 18.6 Å². The van der Waals surface area contributed by atoms with Gasteiger partial charge in [-0.1, -0.05) is 44.2 Å². The Bertz CT molecular complexity index is 704. The number of aromatic nitrogens is 2. The normalized spacial score (nSPS) is 11.8. The van der Waals surface area contributed by atoms with E-state index < -0.39 is 0 Å². The molecular weight excluding hydrogens is 328 g/mol. The minimum Gasteiger partial charge on any atom is -0.353 e. The van der Waals surface area contributed by atoms with E-state index in [0.717, 1.165) is 5.56 Å². The first-order valence-corrected chi connectivity index (χ1v) is 8.86. The minimum absolute atomic E-state index is 0.0591. The van der Waals surface area contributed by atoms with Gasteiger partial charge in [-0.2, -0.15) is 0 Å². The van der Waals surface area contributed by atoms with Crippen molar-refractivity contribution in [1.29, 1.82) is 0 Å². The Labute approximate surface area is 154 Å². The monoisotopic (exact) mass is 354 g/mol. The summed E-state index contributed by atoms with van der Waals surface area (Å²) in [7, 11) is 0. The molecule has 138 valence electrons. The van der Waals surface area contributed by atoms with Crippen molar-refractivity contribution >= 4 is 11.8 Å². The summed E-state index contributed by atoms with van der Waals surface area (Å²) >= 11 is 0. The van der Waals surface area contributed by atoms with E-state index in [9.17, 15) is 9.59 Å². The smallest absolute Gasteiger partial charge is 0.274 e. The summed E-state index contributed by atoms with van der Waals surface area (Å²) < 4.78 is 0. The highest BCUT2D eigenvalue weighted by molar-refractivity contribution is 5.92. The molecule has 0 saturated heterocycles. The van der Waals surface area contributed by atoms with Gasteiger partial charge in [0.25, 0.3) is 5.91 Å². The van der Waals surface area contributed by atoms with Crippen LogP contribution in [0.15, 0.2) is 48.9 Å². The van der Waals surface area contributed by atoms with Crippen molar-refractivity contribution in [3.05, 3.63) is 60.2 Å². The Kier molecular flexibility index (Phi) is 7.26. The average Bonchev–Trinajstić information content (AvgIpc) is 2.66. The minimum atomic E-state index is -0.230. The number of benzene rings is 1. The number of rotatable bonds is 8. The third-order valence-electron chi connectivity index (χ3n) is 4.28. The molecular formula is C20H26N4O2. The van der Waals surface area contributed by atoms with Crippen LogP contribution in [0.2, 0.25) is 0 Å². The molecule has 1 unspecified atom stereocenters. The van der Waals surface area contributed by atoms with Crippen molar-refractivity contribution < 1.29 is 9.59 Å². The molecule has 0 radical (unpaired) electrons. The number of hydrogen-bond donors (Lipinski definition) is 1. The number of amides is 2. The lowest BCUT2D eigenvalue weighted by atomic mass is 10.1. The van der Waals surface area contributed by atoms with Gasteiger partial charge in [0.2, 0.25) is 5.91 Å². The topological polar surface area (TPSA) is 75.2 Å². The van der Waals surface area contributed by atoms with Gasteiger partial charge in [0.05, 0.1) is 6.20 Å². The molecule has 2 amide bonds. The second kappa shape index (κ2) is 9.65. The van der Waals surface area contributed by atoms with Gasteiger partial charge < -0.3 is 10.2 Å². The standard InChI is InChI=1S/C20H26N4O2/c1-15(2)16(3)23-19(25)9-12-24(14-17-7-5-4-6-8-17)20(26)18-13-21-10-11-22-18/h4-8,10-11,13,15-16H,9,12,14H2,1-3H3,(H,23,25).